The maximum absolute atomic E-state index is 5.56. The van der Waals surface area contributed by atoms with Gasteiger partial charge in [0.2, 0.25) is 6.79 Å². The van der Waals surface area contributed by atoms with Crippen molar-refractivity contribution in [3.63, 3.8) is 0 Å². The van der Waals surface area contributed by atoms with Gasteiger partial charge in [0, 0.05) is 43.8 Å². The summed E-state index contributed by atoms with van der Waals surface area (Å²) in [6.45, 7) is 3.30. The van der Waals surface area contributed by atoms with Gasteiger partial charge in [-0.1, -0.05) is 30.3 Å². The van der Waals surface area contributed by atoms with Gasteiger partial charge in [0.05, 0.1) is 11.7 Å². The highest BCUT2D eigenvalue weighted by molar-refractivity contribution is 5.97. The normalized spacial score (nSPS) is 25.4. The molecule has 2 atom stereocenters. The smallest absolute Gasteiger partial charge is 0.231 e. The molecule has 7 heteroatoms. The number of amidine groups is 1. The monoisotopic (exact) mass is 415 g/mol. The van der Waals surface area contributed by atoms with Gasteiger partial charge >= 0.3 is 0 Å². The number of hydrogen-bond donors (Lipinski definition) is 2. The lowest BCUT2D eigenvalue weighted by Gasteiger charge is -2.32. The average molecular weight is 415 g/mol. The molecule has 0 saturated carbocycles. The second-order valence-electron chi connectivity index (χ2n) is 8.25. The molecule has 4 aliphatic rings. The van der Waals surface area contributed by atoms with Crippen molar-refractivity contribution >= 4 is 11.5 Å². The summed E-state index contributed by atoms with van der Waals surface area (Å²) in [5.74, 6) is 2.52. The van der Waals surface area contributed by atoms with Crippen molar-refractivity contribution in [3.05, 3.63) is 78.3 Å². The number of aliphatic imine (C=N–C) groups is 1. The van der Waals surface area contributed by atoms with Crippen LogP contribution in [0.5, 0.6) is 11.5 Å². The molecule has 1 saturated heterocycles. The minimum atomic E-state index is 0.0148. The zero-order valence-electron chi connectivity index (χ0n) is 17.2. The molecule has 1 fully saturated rings. The van der Waals surface area contributed by atoms with Crippen LogP contribution in [0, 0.1) is 0 Å². The summed E-state index contributed by atoms with van der Waals surface area (Å²) in [7, 11) is 0. The largest absolute Gasteiger partial charge is 0.454 e. The molecule has 31 heavy (non-hydrogen) atoms. The second-order valence-corrected chi connectivity index (χ2v) is 8.25. The van der Waals surface area contributed by atoms with Gasteiger partial charge < -0.3 is 25.0 Å². The van der Waals surface area contributed by atoms with Crippen LogP contribution in [0.15, 0.2) is 72.1 Å². The third-order valence-corrected chi connectivity index (χ3v) is 6.10. The molecule has 2 unspecified atom stereocenters. The van der Waals surface area contributed by atoms with Crippen molar-refractivity contribution in [2.24, 2.45) is 4.99 Å². The van der Waals surface area contributed by atoms with Crippen molar-refractivity contribution in [1.29, 1.82) is 0 Å². The van der Waals surface area contributed by atoms with E-state index < -0.39 is 0 Å². The zero-order valence-corrected chi connectivity index (χ0v) is 17.2. The highest BCUT2D eigenvalue weighted by Gasteiger charge is 2.31. The number of nitrogens with one attached hydrogen (secondary N) is 2. The third-order valence-electron chi connectivity index (χ3n) is 6.10. The summed E-state index contributed by atoms with van der Waals surface area (Å²) in [6.07, 6.45) is 7.21. The van der Waals surface area contributed by atoms with Crippen LogP contribution in [0.1, 0.15) is 17.5 Å². The Bertz CT molecular complexity index is 1060. The molecule has 0 radical (unpaired) electrons. The fraction of sp³-hybridized carbons (Fsp3) is 0.292. The molecule has 4 heterocycles. The highest BCUT2D eigenvalue weighted by atomic mass is 16.7. The molecule has 2 aromatic carbocycles. The topological polar surface area (TPSA) is 61.4 Å². The zero-order chi connectivity index (χ0) is 20.6. The SMILES string of the molecule is C1=CN2C=C(c3ccc4c(c3)OCO4)NC(=NC3CCN(Cc4ccccc4)C3)C2N1. The molecule has 2 N–H and O–H groups in total. The van der Waals surface area contributed by atoms with Crippen molar-refractivity contribution < 1.29 is 9.47 Å². The predicted octanol–water partition coefficient (Wildman–Crippen LogP) is 2.69. The first-order chi connectivity index (χ1) is 15.3. The fourth-order valence-electron chi connectivity index (χ4n) is 4.53. The van der Waals surface area contributed by atoms with E-state index in [1.807, 2.05) is 24.5 Å². The maximum Gasteiger partial charge on any atom is 0.231 e. The van der Waals surface area contributed by atoms with E-state index >= 15 is 0 Å². The number of fused-ring (bicyclic) bond motifs is 2. The molecule has 4 aliphatic heterocycles. The Hall–Kier alpha value is -3.45. The van der Waals surface area contributed by atoms with Crippen molar-refractivity contribution in [3.8, 4) is 11.5 Å². The lowest BCUT2D eigenvalue weighted by molar-refractivity contribution is 0.174. The molecular weight excluding hydrogens is 390 g/mol. The minimum absolute atomic E-state index is 0.0148. The van der Waals surface area contributed by atoms with Gasteiger partial charge in [-0.3, -0.25) is 9.89 Å². The summed E-state index contributed by atoms with van der Waals surface area (Å²) in [4.78, 5) is 9.79. The molecule has 7 nitrogen and oxygen atoms in total. The first-order valence-electron chi connectivity index (χ1n) is 10.7. The standard InChI is InChI=1S/C24H25N5O2/c1-2-4-17(5-3-1)13-28-10-8-19(14-28)26-23-24-25-9-11-29(24)15-20(27-23)18-6-7-21-22(12-18)31-16-30-21/h1-7,9,11-12,15,19,24-25H,8,10,13-14,16H2,(H,26,27). The van der Waals surface area contributed by atoms with Crippen molar-refractivity contribution in [2.45, 2.75) is 25.2 Å². The minimum Gasteiger partial charge on any atom is -0.454 e. The van der Waals surface area contributed by atoms with E-state index in [9.17, 15) is 0 Å². The molecule has 0 amide bonds. The first kappa shape index (κ1) is 18.3. The van der Waals surface area contributed by atoms with Crippen LogP contribution in [0.25, 0.3) is 5.70 Å². The van der Waals surface area contributed by atoms with Gasteiger partial charge in [0.1, 0.15) is 5.84 Å². The van der Waals surface area contributed by atoms with E-state index in [1.165, 1.54) is 5.56 Å². The Balaban J connectivity index is 1.20. The van der Waals surface area contributed by atoms with Gasteiger partial charge in [-0.25, -0.2) is 0 Å². The number of ether oxygens (including phenoxy) is 2. The highest BCUT2D eigenvalue weighted by Crippen LogP contribution is 2.35. The van der Waals surface area contributed by atoms with Gasteiger partial charge in [0.25, 0.3) is 0 Å². The van der Waals surface area contributed by atoms with Crippen molar-refractivity contribution in [1.82, 2.24) is 20.4 Å². The van der Waals surface area contributed by atoms with Gasteiger partial charge in [-0.05, 0) is 30.2 Å². The molecule has 0 bridgehead atoms. The molecule has 0 spiro atoms. The Labute approximate surface area is 181 Å². The van der Waals surface area contributed by atoms with E-state index in [0.29, 0.717) is 0 Å². The molecule has 2 aromatic rings. The van der Waals surface area contributed by atoms with E-state index in [4.69, 9.17) is 14.5 Å². The van der Waals surface area contributed by atoms with E-state index in [-0.39, 0.29) is 19.0 Å². The Kier molecular flexibility index (Phi) is 4.53. The average Bonchev–Trinajstić information content (AvgIpc) is 3.55. The van der Waals surface area contributed by atoms with Crippen molar-refractivity contribution in [2.75, 3.05) is 19.9 Å². The Morgan fingerprint density at radius 3 is 2.90 bits per heavy atom. The first-order valence-corrected chi connectivity index (χ1v) is 10.7. The summed E-state index contributed by atoms with van der Waals surface area (Å²) in [5, 5.41) is 6.97. The van der Waals surface area contributed by atoms with Gasteiger partial charge in [-0.2, -0.15) is 0 Å². The molecule has 6 rings (SSSR count). The number of benzene rings is 2. The summed E-state index contributed by atoms with van der Waals surface area (Å²) < 4.78 is 11.0. The Morgan fingerprint density at radius 2 is 1.97 bits per heavy atom. The summed E-state index contributed by atoms with van der Waals surface area (Å²) in [6, 6.07) is 17.0. The lowest BCUT2D eigenvalue weighted by Crippen LogP contribution is -2.50. The summed E-state index contributed by atoms with van der Waals surface area (Å²) >= 11 is 0. The van der Waals surface area contributed by atoms with E-state index in [2.05, 4.69) is 63.0 Å². The molecular formula is C24H25N5O2. The van der Waals surface area contributed by atoms with Crippen LogP contribution in [-0.4, -0.2) is 47.7 Å². The number of hydrogen-bond acceptors (Lipinski definition) is 6. The summed E-state index contributed by atoms with van der Waals surface area (Å²) in [5.41, 5.74) is 3.40. The molecule has 0 aromatic heterocycles. The number of rotatable bonds is 4. The number of nitrogens with zero attached hydrogens (tertiary/aromatic N) is 3. The molecule has 0 aliphatic carbocycles. The van der Waals surface area contributed by atoms with Crippen LogP contribution >= 0.6 is 0 Å². The van der Waals surface area contributed by atoms with Crippen LogP contribution in [0.2, 0.25) is 0 Å². The maximum atomic E-state index is 5.56. The fourth-order valence-corrected chi connectivity index (χ4v) is 4.53. The predicted molar refractivity (Wildman–Crippen MR) is 119 cm³/mol. The number of likely N-dealkylation sites (tertiary alicyclic amines) is 1. The van der Waals surface area contributed by atoms with Gasteiger partial charge in [0.15, 0.2) is 17.7 Å². The lowest BCUT2D eigenvalue weighted by atomic mass is 10.1. The van der Waals surface area contributed by atoms with E-state index in [1.54, 1.807) is 0 Å². The Morgan fingerprint density at radius 1 is 1.06 bits per heavy atom. The quantitative estimate of drug-likeness (QED) is 0.801. The van der Waals surface area contributed by atoms with Gasteiger partial charge in [-0.15, -0.1) is 0 Å². The second kappa shape index (κ2) is 7.67. The van der Waals surface area contributed by atoms with Crippen LogP contribution in [-0.2, 0) is 6.54 Å². The van der Waals surface area contributed by atoms with Crippen LogP contribution < -0.4 is 20.1 Å². The molecule has 158 valence electrons. The van der Waals surface area contributed by atoms with E-state index in [0.717, 1.165) is 54.7 Å². The van der Waals surface area contributed by atoms with Crippen LogP contribution in [0.4, 0.5) is 0 Å². The third kappa shape index (κ3) is 3.61. The van der Waals surface area contributed by atoms with Crippen LogP contribution in [0.3, 0.4) is 0 Å².